The molecule has 4 aromatic rings. The number of aromatic amines is 1. The zero-order valence-electron chi connectivity index (χ0n) is 18.5. The van der Waals surface area contributed by atoms with Gasteiger partial charge in [-0.2, -0.15) is 0 Å². The van der Waals surface area contributed by atoms with Crippen molar-refractivity contribution in [1.82, 2.24) is 14.8 Å². The predicted octanol–water partition coefficient (Wildman–Crippen LogP) is 5.49. The van der Waals surface area contributed by atoms with E-state index in [2.05, 4.69) is 34.1 Å². The van der Waals surface area contributed by atoms with Gasteiger partial charge in [0.25, 0.3) is 0 Å². The van der Waals surface area contributed by atoms with Gasteiger partial charge in [0.1, 0.15) is 11.9 Å². The Balaban J connectivity index is 1.40. The van der Waals surface area contributed by atoms with Gasteiger partial charge < -0.3 is 10.1 Å². The van der Waals surface area contributed by atoms with Gasteiger partial charge >= 0.3 is 5.97 Å². The van der Waals surface area contributed by atoms with Gasteiger partial charge in [0.2, 0.25) is 0 Å². The Morgan fingerprint density at radius 3 is 2.24 bits per heavy atom. The molecular formula is C27H25ClFN3O2. The SMILES string of the molecule is O=C(O)[C@@H](c1c[nH]c2cc(F)ccc12)N1CCN([C@H](c2ccccc2)c2ccc(Cl)cc2)CC1. The van der Waals surface area contributed by atoms with Crippen LogP contribution in [0.4, 0.5) is 4.39 Å². The van der Waals surface area contributed by atoms with Gasteiger partial charge in [0, 0.05) is 53.9 Å². The summed E-state index contributed by atoms with van der Waals surface area (Å²) >= 11 is 6.13. The fourth-order valence-electron chi connectivity index (χ4n) is 4.98. The minimum Gasteiger partial charge on any atom is -0.480 e. The van der Waals surface area contributed by atoms with Crippen molar-refractivity contribution in [3.8, 4) is 0 Å². The zero-order chi connectivity index (χ0) is 23.7. The Morgan fingerprint density at radius 2 is 1.56 bits per heavy atom. The first-order valence-electron chi connectivity index (χ1n) is 11.3. The van der Waals surface area contributed by atoms with Crippen LogP contribution in [0.3, 0.4) is 0 Å². The molecule has 1 aromatic heterocycles. The van der Waals surface area contributed by atoms with Gasteiger partial charge in [-0.25, -0.2) is 4.39 Å². The number of fused-ring (bicyclic) bond motifs is 1. The summed E-state index contributed by atoms with van der Waals surface area (Å²) in [7, 11) is 0. The van der Waals surface area contributed by atoms with Crippen LogP contribution in [0.2, 0.25) is 5.02 Å². The van der Waals surface area contributed by atoms with Crippen LogP contribution >= 0.6 is 11.6 Å². The Labute approximate surface area is 202 Å². The number of rotatable bonds is 6. The van der Waals surface area contributed by atoms with Crippen LogP contribution in [0.25, 0.3) is 10.9 Å². The lowest BCUT2D eigenvalue weighted by molar-refractivity contribution is -0.144. The van der Waals surface area contributed by atoms with Crippen LogP contribution in [0.5, 0.6) is 0 Å². The number of halogens is 2. The van der Waals surface area contributed by atoms with Gasteiger partial charge in [-0.3, -0.25) is 14.6 Å². The number of nitrogens with zero attached hydrogens (tertiary/aromatic N) is 2. The molecule has 1 saturated heterocycles. The standard InChI is InChI=1S/C27H25ClFN3O2/c28-20-8-6-19(7-9-20)25(18-4-2-1-3-5-18)31-12-14-32(15-13-31)26(27(33)34)23-17-30-24-16-21(29)10-11-22(23)24/h1-11,16-17,25-26,30H,12-15H2,(H,33,34)/t25-,26-/m1/s1. The normalized spacial score (nSPS) is 17.0. The topological polar surface area (TPSA) is 59.6 Å². The average Bonchev–Trinajstić information content (AvgIpc) is 3.24. The molecule has 0 amide bonds. The van der Waals surface area contributed by atoms with E-state index in [1.165, 1.54) is 17.7 Å². The molecule has 5 nitrogen and oxygen atoms in total. The third kappa shape index (κ3) is 4.44. The maximum atomic E-state index is 13.6. The van der Waals surface area contributed by atoms with E-state index in [4.69, 9.17) is 11.6 Å². The van der Waals surface area contributed by atoms with Gasteiger partial charge in [0.15, 0.2) is 0 Å². The molecule has 3 aromatic carbocycles. The van der Waals surface area contributed by atoms with Crippen LogP contribution in [0.15, 0.2) is 79.0 Å². The second-order valence-electron chi connectivity index (χ2n) is 8.61. The molecule has 5 rings (SSSR count). The van der Waals surface area contributed by atoms with Crippen LogP contribution in [0, 0.1) is 5.82 Å². The van der Waals surface area contributed by atoms with Gasteiger partial charge in [-0.1, -0.05) is 54.1 Å². The van der Waals surface area contributed by atoms with Crippen molar-refractivity contribution in [2.24, 2.45) is 0 Å². The largest absolute Gasteiger partial charge is 0.480 e. The number of H-pyrrole nitrogens is 1. The molecule has 174 valence electrons. The summed E-state index contributed by atoms with van der Waals surface area (Å²) in [4.78, 5) is 19.8. The van der Waals surface area contributed by atoms with E-state index in [1.807, 2.05) is 35.2 Å². The number of hydrogen-bond acceptors (Lipinski definition) is 3. The minimum absolute atomic E-state index is 0.0555. The molecule has 0 radical (unpaired) electrons. The van der Waals surface area contributed by atoms with Gasteiger partial charge in [-0.05, 0) is 41.5 Å². The molecule has 0 bridgehead atoms. The van der Waals surface area contributed by atoms with Crippen LogP contribution < -0.4 is 0 Å². The van der Waals surface area contributed by atoms with Crippen molar-refractivity contribution in [3.63, 3.8) is 0 Å². The van der Waals surface area contributed by atoms with Crippen LogP contribution in [-0.2, 0) is 4.79 Å². The molecule has 1 aliphatic rings. The van der Waals surface area contributed by atoms with Crippen molar-refractivity contribution in [2.75, 3.05) is 26.2 Å². The minimum atomic E-state index is -0.906. The molecule has 0 aliphatic carbocycles. The molecule has 0 unspecified atom stereocenters. The summed E-state index contributed by atoms with van der Waals surface area (Å²) < 4.78 is 13.6. The number of carboxylic acids is 1. The number of aliphatic carboxylic acids is 1. The van der Waals surface area contributed by atoms with Crippen molar-refractivity contribution in [1.29, 1.82) is 0 Å². The maximum Gasteiger partial charge on any atom is 0.325 e. The third-order valence-electron chi connectivity index (χ3n) is 6.58. The highest BCUT2D eigenvalue weighted by atomic mass is 35.5. The highest BCUT2D eigenvalue weighted by Gasteiger charge is 2.34. The first kappa shape index (κ1) is 22.6. The first-order chi connectivity index (χ1) is 16.5. The summed E-state index contributed by atoms with van der Waals surface area (Å²) in [6, 6.07) is 21.9. The molecular weight excluding hydrogens is 453 g/mol. The number of aromatic nitrogens is 1. The van der Waals surface area contributed by atoms with Crippen molar-refractivity contribution in [3.05, 3.63) is 107 Å². The van der Waals surface area contributed by atoms with E-state index in [1.54, 1.807) is 12.3 Å². The highest BCUT2D eigenvalue weighted by molar-refractivity contribution is 6.30. The Bertz CT molecular complexity index is 1280. The lowest BCUT2D eigenvalue weighted by atomic mass is 9.96. The highest BCUT2D eigenvalue weighted by Crippen LogP contribution is 2.34. The van der Waals surface area contributed by atoms with E-state index in [9.17, 15) is 14.3 Å². The molecule has 2 heterocycles. The van der Waals surface area contributed by atoms with E-state index in [0.29, 0.717) is 42.3 Å². The van der Waals surface area contributed by atoms with E-state index in [0.717, 1.165) is 10.9 Å². The number of benzene rings is 3. The number of carboxylic acid groups (broad SMARTS) is 1. The van der Waals surface area contributed by atoms with Crippen molar-refractivity contribution >= 4 is 28.5 Å². The molecule has 7 heteroatoms. The van der Waals surface area contributed by atoms with Crippen LogP contribution in [-0.4, -0.2) is 52.0 Å². The molecule has 0 spiro atoms. The zero-order valence-corrected chi connectivity index (χ0v) is 19.3. The number of piperazine rings is 1. The van der Waals surface area contributed by atoms with Crippen LogP contribution in [0.1, 0.15) is 28.8 Å². The number of nitrogens with one attached hydrogen (secondary N) is 1. The number of hydrogen-bond donors (Lipinski definition) is 2. The summed E-state index contributed by atoms with van der Waals surface area (Å²) in [5.41, 5.74) is 3.60. The van der Waals surface area contributed by atoms with E-state index >= 15 is 0 Å². The molecule has 0 saturated carbocycles. The Kier molecular flexibility index (Phi) is 6.37. The Morgan fingerprint density at radius 1 is 0.912 bits per heavy atom. The molecule has 1 fully saturated rings. The summed E-state index contributed by atoms with van der Waals surface area (Å²) in [5, 5.41) is 11.5. The fourth-order valence-corrected chi connectivity index (χ4v) is 5.11. The molecule has 1 aliphatic heterocycles. The predicted molar refractivity (Wildman–Crippen MR) is 132 cm³/mol. The summed E-state index contributed by atoms with van der Waals surface area (Å²) in [6.07, 6.45) is 1.69. The fraction of sp³-hybridized carbons (Fsp3) is 0.222. The lowest BCUT2D eigenvalue weighted by Crippen LogP contribution is -2.50. The molecule has 34 heavy (non-hydrogen) atoms. The smallest absolute Gasteiger partial charge is 0.325 e. The summed E-state index contributed by atoms with van der Waals surface area (Å²) in [6.45, 7) is 2.62. The van der Waals surface area contributed by atoms with Crippen molar-refractivity contribution in [2.45, 2.75) is 12.1 Å². The Hall–Kier alpha value is -3.19. The number of carbonyl (C=O) groups is 1. The quantitative estimate of drug-likeness (QED) is 0.385. The van der Waals surface area contributed by atoms with Crippen molar-refractivity contribution < 1.29 is 14.3 Å². The second-order valence-corrected chi connectivity index (χ2v) is 9.05. The third-order valence-corrected chi connectivity index (χ3v) is 6.84. The first-order valence-corrected chi connectivity index (χ1v) is 11.7. The van der Waals surface area contributed by atoms with Gasteiger partial charge in [-0.15, -0.1) is 0 Å². The van der Waals surface area contributed by atoms with E-state index < -0.39 is 12.0 Å². The monoisotopic (exact) mass is 477 g/mol. The maximum absolute atomic E-state index is 13.6. The molecule has 2 atom stereocenters. The lowest BCUT2D eigenvalue weighted by Gasteiger charge is -2.41. The van der Waals surface area contributed by atoms with Gasteiger partial charge in [0.05, 0.1) is 6.04 Å². The summed E-state index contributed by atoms with van der Waals surface area (Å²) in [5.74, 6) is -1.26. The second kappa shape index (κ2) is 9.58. The van der Waals surface area contributed by atoms with E-state index in [-0.39, 0.29) is 11.9 Å². The molecule has 2 N–H and O–H groups in total. The average molecular weight is 478 g/mol.